The van der Waals surface area contributed by atoms with Gasteiger partial charge in [0.2, 0.25) is 5.91 Å². The Balaban J connectivity index is 1.82. The zero-order valence-electron chi connectivity index (χ0n) is 12.3. The molecule has 1 aromatic rings. The molecule has 3 rings (SSSR count). The van der Waals surface area contributed by atoms with Gasteiger partial charge in [-0.15, -0.1) is 0 Å². The summed E-state index contributed by atoms with van der Waals surface area (Å²) in [6.07, 6.45) is 6.55. The molecule has 1 amide bonds. The molecule has 0 saturated heterocycles. The topological polar surface area (TPSA) is 55.1 Å². The van der Waals surface area contributed by atoms with Crippen molar-refractivity contribution in [1.82, 2.24) is 5.32 Å². The Morgan fingerprint density at radius 3 is 2.43 bits per heavy atom. The van der Waals surface area contributed by atoms with Crippen LogP contribution in [0.1, 0.15) is 44.1 Å². The Morgan fingerprint density at radius 1 is 1.29 bits per heavy atom. The fourth-order valence-electron chi connectivity index (χ4n) is 3.57. The van der Waals surface area contributed by atoms with E-state index in [4.69, 9.17) is 5.73 Å². The lowest BCUT2D eigenvalue weighted by atomic mass is 9.77. The second kappa shape index (κ2) is 6.09. The number of halogens is 1. The van der Waals surface area contributed by atoms with Crippen molar-refractivity contribution >= 4 is 21.8 Å². The molecular weight excluding hydrogens is 328 g/mol. The van der Waals surface area contributed by atoms with E-state index in [9.17, 15) is 4.79 Å². The summed E-state index contributed by atoms with van der Waals surface area (Å²) < 4.78 is 1.05. The molecule has 2 aliphatic carbocycles. The van der Waals surface area contributed by atoms with E-state index in [2.05, 4.69) is 33.4 Å². The maximum Gasteiger partial charge on any atom is 0.230 e. The molecule has 2 fully saturated rings. The third-order valence-electron chi connectivity index (χ3n) is 5.05. The van der Waals surface area contributed by atoms with Crippen molar-refractivity contribution in [3.8, 4) is 0 Å². The summed E-state index contributed by atoms with van der Waals surface area (Å²) >= 11 is 3.47. The molecule has 114 valence electrons. The van der Waals surface area contributed by atoms with Gasteiger partial charge >= 0.3 is 0 Å². The summed E-state index contributed by atoms with van der Waals surface area (Å²) in [7, 11) is 0. The monoisotopic (exact) mass is 350 g/mol. The van der Waals surface area contributed by atoms with Crippen molar-refractivity contribution in [2.45, 2.75) is 50.0 Å². The smallest absolute Gasteiger partial charge is 0.230 e. The molecule has 21 heavy (non-hydrogen) atoms. The Hall–Kier alpha value is -0.870. The molecule has 3 nitrogen and oxygen atoms in total. The summed E-state index contributed by atoms with van der Waals surface area (Å²) in [5.74, 6) is 0.784. The van der Waals surface area contributed by atoms with Gasteiger partial charge in [0.25, 0.3) is 0 Å². The van der Waals surface area contributed by atoms with Gasteiger partial charge < -0.3 is 11.1 Å². The highest BCUT2D eigenvalue weighted by molar-refractivity contribution is 9.10. The molecule has 1 aromatic carbocycles. The van der Waals surface area contributed by atoms with Gasteiger partial charge in [-0.05, 0) is 49.3 Å². The lowest BCUT2D eigenvalue weighted by Crippen LogP contribution is -2.50. The predicted octanol–water partition coefficient (Wildman–Crippen LogP) is 3.11. The van der Waals surface area contributed by atoms with E-state index in [1.165, 1.54) is 12.8 Å². The van der Waals surface area contributed by atoms with Crippen LogP contribution in [0.3, 0.4) is 0 Å². The van der Waals surface area contributed by atoms with Crippen molar-refractivity contribution in [2.75, 3.05) is 6.54 Å². The highest BCUT2D eigenvalue weighted by Crippen LogP contribution is 2.42. The number of hydrogen-bond donors (Lipinski definition) is 2. The van der Waals surface area contributed by atoms with Gasteiger partial charge in [0, 0.05) is 17.1 Å². The lowest BCUT2D eigenvalue weighted by molar-refractivity contribution is -0.127. The van der Waals surface area contributed by atoms with Crippen LogP contribution in [0.25, 0.3) is 0 Å². The van der Waals surface area contributed by atoms with Gasteiger partial charge in [-0.25, -0.2) is 0 Å². The average Bonchev–Trinajstić information content (AvgIpc) is 3.21. The molecule has 3 N–H and O–H groups in total. The number of hydrogen-bond acceptors (Lipinski definition) is 2. The minimum atomic E-state index is -0.344. The van der Waals surface area contributed by atoms with Gasteiger partial charge in [-0.3, -0.25) is 4.79 Å². The average molecular weight is 351 g/mol. The predicted molar refractivity (Wildman–Crippen MR) is 88.0 cm³/mol. The highest BCUT2D eigenvalue weighted by Gasteiger charge is 2.44. The Morgan fingerprint density at radius 2 is 1.90 bits per heavy atom. The van der Waals surface area contributed by atoms with Crippen molar-refractivity contribution in [1.29, 1.82) is 0 Å². The largest absolute Gasteiger partial charge is 0.351 e. The quantitative estimate of drug-likeness (QED) is 0.856. The molecule has 0 heterocycles. The maximum absolute atomic E-state index is 13.0. The molecule has 0 radical (unpaired) electrons. The van der Waals surface area contributed by atoms with E-state index in [1.54, 1.807) is 0 Å². The zero-order valence-corrected chi connectivity index (χ0v) is 13.9. The van der Waals surface area contributed by atoms with Crippen LogP contribution in [0.5, 0.6) is 0 Å². The Kier molecular flexibility index (Phi) is 4.36. The molecule has 1 atom stereocenters. The second-order valence-corrected chi connectivity index (χ2v) is 7.36. The number of rotatable bonds is 5. The van der Waals surface area contributed by atoms with E-state index >= 15 is 0 Å². The van der Waals surface area contributed by atoms with Gasteiger partial charge in [0.05, 0.1) is 5.41 Å². The van der Waals surface area contributed by atoms with Crippen LogP contribution in [0.4, 0.5) is 0 Å². The van der Waals surface area contributed by atoms with E-state index in [0.717, 1.165) is 35.7 Å². The summed E-state index contributed by atoms with van der Waals surface area (Å²) in [4.78, 5) is 13.0. The number of benzene rings is 1. The van der Waals surface area contributed by atoms with Crippen LogP contribution in [0.15, 0.2) is 28.7 Å². The first-order valence-electron chi connectivity index (χ1n) is 7.93. The standard InChI is InChI=1S/C17H23BrN2O/c18-14-7-5-13(6-8-14)17(9-1-2-10-17)16(21)20-15(11-19)12-3-4-12/h5-8,12,15H,1-4,9-11,19H2,(H,20,21). The molecule has 0 spiro atoms. The molecule has 2 saturated carbocycles. The van der Waals surface area contributed by atoms with Crippen molar-refractivity contribution in [2.24, 2.45) is 11.7 Å². The van der Waals surface area contributed by atoms with Crippen LogP contribution in [0.2, 0.25) is 0 Å². The lowest BCUT2D eigenvalue weighted by Gasteiger charge is -2.31. The fourth-order valence-corrected chi connectivity index (χ4v) is 3.83. The van der Waals surface area contributed by atoms with Crippen LogP contribution < -0.4 is 11.1 Å². The Labute approximate surface area is 134 Å². The zero-order chi connectivity index (χ0) is 14.9. The van der Waals surface area contributed by atoms with Gasteiger partial charge in [-0.2, -0.15) is 0 Å². The SMILES string of the molecule is NCC(NC(=O)C1(c2ccc(Br)cc2)CCCC1)C1CC1. The van der Waals surface area contributed by atoms with E-state index in [0.29, 0.717) is 12.5 Å². The first-order chi connectivity index (χ1) is 10.2. The summed E-state index contributed by atoms with van der Waals surface area (Å²) in [5.41, 5.74) is 6.64. The minimum absolute atomic E-state index is 0.158. The summed E-state index contributed by atoms with van der Waals surface area (Å²) in [5, 5.41) is 3.25. The molecule has 4 heteroatoms. The Bertz CT molecular complexity index is 504. The van der Waals surface area contributed by atoms with Gasteiger partial charge in [-0.1, -0.05) is 40.9 Å². The van der Waals surface area contributed by atoms with E-state index in [1.807, 2.05) is 12.1 Å². The van der Waals surface area contributed by atoms with E-state index in [-0.39, 0.29) is 17.4 Å². The second-order valence-electron chi connectivity index (χ2n) is 6.45. The fraction of sp³-hybridized carbons (Fsp3) is 0.588. The first kappa shape index (κ1) is 15.0. The first-order valence-corrected chi connectivity index (χ1v) is 8.72. The summed E-state index contributed by atoms with van der Waals surface area (Å²) in [6, 6.07) is 8.39. The normalized spacial score (nSPS) is 22.0. The third kappa shape index (κ3) is 3.02. The molecule has 0 aromatic heterocycles. The van der Waals surface area contributed by atoms with Crippen LogP contribution >= 0.6 is 15.9 Å². The van der Waals surface area contributed by atoms with E-state index < -0.39 is 0 Å². The minimum Gasteiger partial charge on any atom is -0.351 e. The number of carbonyl (C=O) groups excluding carboxylic acids is 1. The third-order valence-corrected chi connectivity index (χ3v) is 5.58. The van der Waals surface area contributed by atoms with Crippen LogP contribution in [-0.2, 0) is 10.2 Å². The van der Waals surface area contributed by atoms with Gasteiger partial charge in [0.1, 0.15) is 0 Å². The molecular formula is C17H23BrN2O. The molecule has 1 unspecified atom stereocenters. The van der Waals surface area contributed by atoms with Crippen LogP contribution in [0, 0.1) is 5.92 Å². The van der Waals surface area contributed by atoms with Crippen molar-refractivity contribution < 1.29 is 4.79 Å². The molecule has 2 aliphatic rings. The van der Waals surface area contributed by atoms with Crippen molar-refractivity contribution in [3.63, 3.8) is 0 Å². The number of amides is 1. The number of nitrogens with one attached hydrogen (secondary N) is 1. The van der Waals surface area contributed by atoms with Crippen LogP contribution in [-0.4, -0.2) is 18.5 Å². The molecule has 0 bridgehead atoms. The van der Waals surface area contributed by atoms with Crippen molar-refractivity contribution in [3.05, 3.63) is 34.3 Å². The molecule has 0 aliphatic heterocycles. The summed E-state index contributed by atoms with van der Waals surface area (Å²) in [6.45, 7) is 0.548. The number of carbonyl (C=O) groups is 1. The highest BCUT2D eigenvalue weighted by atomic mass is 79.9. The maximum atomic E-state index is 13.0. The van der Waals surface area contributed by atoms with Gasteiger partial charge in [0.15, 0.2) is 0 Å². The number of nitrogens with two attached hydrogens (primary N) is 1.